The number of hydrogen-bond donors (Lipinski definition) is 2. The largest absolute Gasteiger partial charge is 0.344 e. The zero-order chi connectivity index (χ0) is 14.4. The Morgan fingerprint density at radius 2 is 2.05 bits per heavy atom. The van der Waals surface area contributed by atoms with Crippen LogP contribution in [0.25, 0.3) is 0 Å². The minimum absolute atomic E-state index is 0. The molecule has 0 saturated carbocycles. The summed E-state index contributed by atoms with van der Waals surface area (Å²) in [6, 6.07) is 3.80. The Balaban J connectivity index is 0.00000220. The second kappa shape index (κ2) is 10.5. The molecule has 0 aliphatic rings. The monoisotopic (exact) mass is 362 g/mol. The van der Waals surface area contributed by atoms with Crippen molar-refractivity contribution in [2.24, 2.45) is 5.73 Å². The molecule has 0 aromatic carbocycles. The molecule has 2 heterocycles. The van der Waals surface area contributed by atoms with Crippen LogP contribution in [0, 0.1) is 0 Å². The Morgan fingerprint density at radius 1 is 1.36 bits per heavy atom. The minimum Gasteiger partial charge on any atom is -0.344 e. The maximum Gasteiger partial charge on any atom is 0.271 e. The van der Waals surface area contributed by atoms with E-state index < -0.39 is 0 Å². The van der Waals surface area contributed by atoms with Crippen LogP contribution in [-0.2, 0) is 6.42 Å². The summed E-state index contributed by atoms with van der Waals surface area (Å²) < 4.78 is 0. The van der Waals surface area contributed by atoms with Gasteiger partial charge in [0, 0.05) is 24.2 Å². The van der Waals surface area contributed by atoms with E-state index in [2.05, 4.69) is 15.3 Å². The molecule has 0 spiro atoms. The lowest BCUT2D eigenvalue weighted by atomic mass is 10.1. The molecular formula is C14H20Cl2N4OS. The fraction of sp³-hybridized carbons (Fsp3) is 0.357. The molecule has 1 atom stereocenters. The van der Waals surface area contributed by atoms with E-state index in [1.54, 1.807) is 17.8 Å². The highest BCUT2D eigenvalue weighted by Gasteiger charge is 2.16. The molecule has 0 bridgehead atoms. The second-order valence-corrected chi connectivity index (χ2v) is 5.32. The van der Waals surface area contributed by atoms with Gasteiger partial charge in [0.25, 0.3) is 5.91 Å². The standard InChI is InChI=1S/C14H18N4OS.2ClH/c1-2-11(10-4-7-16-8-5-10)18-14(19)12-9-20-13(17-12)3-6-15;;/h4-5,7-9,11H,2-3,6,15H2,1H3,(H,18,19);2*1H. The lowest BCUT2D eigenvalue weighted by molar-refractivity contribution is 0.0931. The van der Waals surface area contributed by atoms with E-state index >= 15 is 0 Å². The molecule has 0 fully saturated rings. The number of hydrogen-bond acceptors (Lipinski definition) is 5. The van der Waals surface area contributed by atoms with Gasteiger partial charge < -0.3 is 11.1 Å². The van der Waals surface area contributed by atoms with Crippen molar-refractivity contribution >= 4 is 42.1 Å². The first kappa shape index (κ1) is 20.8. The number of nitrogens with one attached hydrogen (secondary N) is 1. The Bertz CT molecular complexity index is 565. The molecule has 1 unspecified atom stereocenters. The number of pyridine rings is 1. The van der Waals surface area contributed by atoms with Crippen LogP contribution in [-0.4, -0.2) is 22.4 Å². The Labute approximate surface area is 146 Å². The number of nitrogens with zero attached hydrogens (tertiary/aromatic N) is 2. The second-order valence-electron chi connectivity index (χ2n) is 4.38. The van der Waals surface area contributed by atoms with Gasteiger partial charge in [0.15, 0.2) is 0 Å². The van der Waals surface area contributed by atoms with Crippen molar-refractivity contribution in [1.82, 2.24) is 15.3 Å². The fourth-order valence-electron chi connectivity index (χ4n) is 1.90. The van der Waals surface area contributed by atoms with Crippen LogP contribution >= 0.6 is 36.2 Å². The predicted molar refractivity (Wildman–Crippen MR) is 94.1 cm³/mol. The number of carbonyl (C=O) groups is 1. The van der Waals surface area contributed by atoms with E-state index in [9.17, 15) is 4.79 Å². The average Bonchev–Trinajstić information content (AvgIpc) is 2.94. The van der Waals surface area contributed by atoms with Gasteiger partial charge in [-0.3, -0.25) is 9.78 Å². The first-order valence-electron chi connectivity index (χ1n) is 6.59. The Hall–Kier alpha value is -1.21. The van der Waals surface area contributed by atoms with Gasteiger partial charge in [0.2, 0.25) is 0 Å². The minimum atomic E-state index is -0.145. The highest BCUT2D eigenvalue weighted by molar-refractivity contribution is 7.09. The molecule has 0 radical (unpaired) electrons. The van der Waals surface area contributed by atoms with E-state index in [4.69, 9.17) is 5.73 Å². The zero-order valence-corrected chi connectivity index (χ0v) is 14.6. The summed E-state index contributed by atoms with van der Waals surface area (Å²) in [6.07, 6.45) is 4.98. The van der Waals surface area contributed by atoms with Gasteiger partial charge in [-0.15, -0.1) is 36.2 Å². The summed E-state index contributed by atoms with van der Waals surface area (Å²) in [5.74, 6) is -0.145. The van der Waals surface area contributed by atoms with E-state index in [0.717, 1.165) is 17.0 Å². The normalized spacial score (nSPS) is 11.0. The van der Waals surface area contributed by atoms with Gasteiger partial charge in [-0.2, -0.15) is 0 Å². The highest BCUT2D eigenvalue weighted by Crippen LogP contribution is 2.17. The number of thiazole rings is 1. The van der Waals surface area contributed by atoms with Gasteiger partial charge in [0.05, 0.1) is 11.0 Å². The van der Waals surface area contributed by atoms with E-state index in [1.807, 2.05) is 19.1 Å². The van der Waals surface area contributed by atoms with Crippen LogP contribution < -0.4 is 11.1 Å². The molecule has 0 aliphatic carbocycles. The smallest absolute Gasteiger partial charge is 0.271 e. The van der Waals surface area contributed by atoms with Crippen LogP contribution in [0.5, 0.6) is 0 Å². The summed E-state index contributed by atoms with van der Waals surface area (Å²) in [5, 5.41) is 5.68. The Kier molecular flexibility index (Phi) is 9.93. The van der Waals surface area contributed by atoms with Crippen molar-refractivity contribution < 1.29 is 4.79 Å². The molecule has 2 rings (SSSR count). The van der Waals surface area contributed by atoms with Gasteiger partial charge >= 0.3 is 0 Å². The molecule has 0 saturated heterocycles. The first-order valence-corrected chi connectivity index (χ1v) is 7.47. The molecule has 3 N–H and O–H groups in total. The summed E-state index contributed by atoms with van der Waals surface area (Å²) in [6.45, 7) is 2.58. The van der Waals surface area contributed by atoms with Crippen LogP contribution in [0.15, 0.2) is 29.9 Å². The Morgan fingerprint density at radius 3 is 2.64 bits per heavy atom. The summed E-state index contributed by atoms with van der Waals surface area (Å²) >= 11 is 1.47. The van der Waals surface area contributed by atoms with E-state index in [0.29, 0.717) is 18.7 Å². The van der Waals surface area contributed by atoms with Crippen molar-refractivity contribution in [1.29, 1.82) is 0 Å². The summed E-state index contributed by atoms with van der Waals surface area (Å²) in [7, 11) is 0. The predicted octanol–water partition coefficient (Wildman–Crippen LogP) is 2.76. The molecule has 2 aromatic heterocycles. The van der Waals surface area contributed by atoms with Crippen LogP contribution in [0.1, 0.15) is 40.4 Å². The van der Waals surface area contributed by atoms with Gasteiger partial charge in [-0.25, -0.2) is 4.98 Å². The third-order valence-corrected chi connectivity index (χ3v) is 3.87. The topological polar surface area (TPSA) is 80.9 Å². The van der Waals surface area contributed by atoms with Crippen molar-refractivity contribution in [3.8, 4) is 0 Å². The van der Waals surface area contributed by atoms with Gasteiger partial charge in [0.1, 0.15) is 5.69 Å². The van der Waals surface area contributed by atoms with Crippen LogP contribution in [0.4, 0.5) is 0 Å². The van der Waals surface area contributed by atoms with Gasteiger partial charge in [-0.05, 0) is 30.7 Å². The molecule has 1 amide bonds. The number of rotatable bonds is 6. The van der Waals surface area contributed by atoms with E-state index in [1.165, 1.54) is 11.3 Å². The highest BCUT2D eigenvalue weighted by atomic mass is 35.5. The van der Waals surface area contributed by atoms with Crippen molar-refractivity contribution in [3.05, 3.63) is 46.2 Å². The zero-order valence-electron chi connectivity index (χ0n) is 12.2. The summed E-state index contributed by atoms with van der Waals surface area (Å²) in [5.41, 5.74) is 7.00. The first-order chi connectivity index (χ1) is 9.74. The number of amides is 1. The third-order valence-electron chi connectivity index (χ3n) is 2.96. The number of nitrogens with two attached hydrogens (primary N) is 1. The molecule has 2 aromatic rings. The molecular weight excluding hydrogens is 343 g/mol. The summed E-state index contributed by atoms with van der Waals surface area (Å²) in [4.78, 5) is 20.5. The van der Waals surface area contributed by atoms with Gasteiger partial charge in [-0.1, -0.05) is 6.92 Å². The number of halogens is 2. The van der Waals surface area contributed by atoms with E-state index in [-0.39, 0.29) is 36.8 Å². The molecule has 22 heavy (non-hydrogen) atoms. The maximum absolute atomic E-state index is 12.2. The number of aromatic nitrogens is 2. The molecule has 0 aliphatic heterocycles. The lowest BCUT2D eigenvalue weighted by Crippen LogP contribution is -2.28. The molecule has 8 heteroatoms. The third kappa shape index (κ3) is 5.53. The number of carbonyl (C=O) groups excluding carboxylic acids is 1. The van der Waals surface area contributed by atoms with Crippen molar-refractivity contribution in [2.75, 3.05) is 6.54 Å². The van der Waals surface area contributed by atoms with Crippen molar-refractivity contribution in [2.45, 2.75) is 25.8 Å². The lowest BCUT2D eigenvalue weighted by Gasteiger charge is -2.16. The van der Waals surface area contributed by atoms with Crippen LogP contribution in [0.2, 0.25) is 0 Å². The average molecular weight is 363 g/mol. The maximum atomic E-state index is 12.2. The fourth-order valence-corrected chi connectivity index (χ4v) is 2.70. The van der Waals surface area contributed by atoms with Crippen molar-refractivity contribution in [3.63, 3.8) is 0 Å². The quantitative estimate of drug-likeness (QED) is 0.827. The molecule has 5 nitrogen and oxygen atoms in total. The SMILES string of the molecule is CCC(NC(=O)c1csc(CCN)n1)c1ccncc1.Cl.Cl. The molecule has 122 valence electrons. The van der Waals surface area contributed by atoms with Crippen LogP contribution in [0.3, 0.4) is 0 Å².